The number of aromatic nitrogens is 2. The first-order chi connectivity index (χ1) is 7.65. The Labute approximate surface area is 102 Å². The van der Waals surface area contributed by atoms with Gasteiger partial charge in [-0.1, -0.05) is 11.3 Å². The van der Waals surface area contributed by atoms with E-state index in [1.807, 2.05) is 0 Å². The first-order valence-corrected chi connectivity index (χ1v) is 6.30. The van der Waals surface area contributed by atoms with Crippen LogP contribution in [0.1, 0.15) is 19.3 Å². The van der Waals surface area contributed by atoms with Crippen molar-refractivity contribution in [1.29, 1.82) is 0 Å². The van der Waals surface area contributed by atoms with Crippen molar-refractivity contribution in [2.24, 2.45) is 5.92 Å². The molecule has 2 rings (SSSR count). The molecule has 1 unspecified atom stereocenters. The van der Waals surface area contributed by atoms with Crippen molar-refractivity contribution in [2.45, 2.75) is 19.3 Å². The summed E-state index contributed by atoms with van der Waals surface area (Å²) in [6.07, 6.45) is 2.19. The van der Waals surface area contributed by atoms with Crippen LogP contribution in [0.25, 0.3) is 0 Å². The smallest absolute Gasteiger partial charge is 0.303 e. The van der Waals surface area contributed by atoms with Crippen LogP contribution in [0.3, 0.4) is 0 Å². The maximum atomic E-state index is 10.6. The fourth-order valence-electron chi connectivity index (χ4n) is 1.98. The highest BCUT2D eigenvalue weighted by atomic mass is 35.5. The maximum absolute atomic E-state index is 10.6. The van der Waals surface area contributed by atoms with Crippen LogP contribution in [0.15, 0.2) is 0 Å². The maximum Gasteiger partial charge on any atom is 0.303 e. The van der Waals surface area contributed by atoms with E-state index in [-0.39, 0.29) is 12.3 Å². The van der Waals surface area contributed by atoms with Gasteiger partial charge in [0.05, 0.1) is 0 Å². The number of carboxylic acids is 1. The van der Waals surface area contributed by atoms with Crippen molar-refractivity contribution in [3.63, 3.8) is 0 Å². The SMILES string of the molecule is O=C(O)CC1CCCN(c2nnc(Cl)s2)C1. The summed E-state index contributed by atoms with van der Waals surface area (Å²) in [5.41, 5.74) is 0. The first kappa shape index (κ1) is 11.6. The number of rotatable bonds is 3. The lowest BCUT2D eigenvalue weighted by Crippen LogP contribution is -2.36. The van der Waals surface area contributed by atoms with Gasteiger partial charge in [0, 0.05) is 19.5 Å². The van der Waals surface area contributed by atoms with E-state index in [1.54, 1.807) is 0 Å². The van der Waals surface area contributed by atoms with Gasteiger partial charge in [-0.05, 0) is 30.4 Å². The van der Waals surface area contributed by atoms with Crippen molar-refractivity contribution in [3.05, 3.63) is 4.47 Å². The molecule has 1 N–H and O–H groups in total. The number of carboxylic acid groups (broad SMARTS) is 1. The van der Waals surface area contributed by atoms with Crippen LogP contribution < -0.4 is 4.90 Å². The molecule has 7 heteroatoms. The normalized spacial score (nSPS) is 21.1. The molecule has 0 saturated carbocycles. The summed E-state index contributed by atoms with van der Waals surface area (Å²) in [5, 5.41) is 17.3. The number of halogens is 1. The molecule has 1 atom stereocenters. The minimum absolute atomic E-state index is 0.203. The zero-order valence-corrected chi connectivity index (χ0v) is 10.2. The van der Waals surface area contributed by atoms with Crippen molar-refractivity contribution in [1.82, 2.24) is 10.2 Å². The molecular formula is C9H12ClN3O2S. The number of hydrogen-bond acceptors (Lipinski definition) is 5. The summed E-state index contributed by atoms with van der Waals surface area (Å²) in [6, 6.07) is 0. The molecule has 2 heterocycles. The Morgan fingerprint density at radius 3 is 3.06 bits per heavy atom. The first-order valence-electron chi connectivity index (χ1n) is 5.11. The average Bonchev–Trinajstić information content (AvgIpc) is 2.64. The number of nitrogens with zero attached hydrogens (tertiary/aromatic N) is 3. The third kappa shape index (κ3) is 2.82. The molecule has 1 fully saturated rings. The molecule has 0 spiro atoms. The minimum atomic E-state index is -0.734. The van der Waals surface area contributed by atoms with Crippen LogP contribution in [0, 0.1) is 5.92 Å². The molecule has 0 amide bonds. The van der Waals surface area contributed by atoms with Gasteiger partial charge in [-0.3, -0.25) is 4.79 Å². The summed E-state index contributed by atoms with van der Waals surface area (Å²) < 4.78 is 0.426. The van der Waals surface area contributed by atoms with Gasteiger partial charge in [-0.2, -0.15) is 0 Å². The fraction of sp³-hybridized carbons (Fsp3) is 0.667. The van der Waals surface area contributed by atoms with E-state index >= 15 is 0 Å². The molecule has 88 valence electrons. The van der Waals surface area contributed by atoms with Gasteiger partial charge in [0.2, 0.25) is 9.60 Å². The van der Waals surface area contributed by atoms with E-state index in [0.717, 1.165) is 31.1 Å². The highest BCUT2D eigenvalue weighted by Gasteiger charge is 2.24. The van der Waals surface area contributed by atoms with Gasteiger partial charge in [0.25, 0.3) is 0 Å². The Kier molecular flexibility index (Phi) is 3.60. The van der Waals surface area contributed by atoms with Crippen LogP contribution in [0.2, 0.25) is 4.47 Å². The summed E-state index contributed by atoms with van der Waals surface area (Å²) in [6.45, 7) is 1.64. The van der Waals surface area contributed by atoms with Gasteiger partial charge in [-0.25, -0.2) is 0 Å². The van der Waals surface area contributed by atoms with E-state index in [9.17, 15) is 4.79 Å². The number of anilines is 1. The summed E-state index contributed by atoms with van der Waals surface area (Å²) >= 11 is 7.06. The standard InChI is InChI=1S/C9H12ClN3O2S/c10-8-11-12-9(16-8)13-3-1-2-6(5-13)4-7(14)15/h6H,1-5H2,(H,14,15). The summed E-state index contributed by atoms with van der Waals surface area (Å²) in [4.78, 5) is 12.7. The Morgan fingerprint density at radius 2 is 2.44 bits per heavy atom. The molecule has 0 radical (unpaired) electrons. The lowest BCUT2D eigenvalue weighted by molar-refractivity contribution is -0.138. The highest BCUT2D eigenvalue weighted by molar-refractivity contribution is 7.19. The topological polar surface area (TPSA) is 66.3 Å². The lowest BCUT2D eigenvalue weighted by atomic mass is 9.95. The predicted octanol–water partition coefficient (Wildman–Crippen LogP) is 1.88. The van der Waals surface area contributed by atoms with Crippen LogP contribution in [0.4, 0.5) is 5.13 Å². The predicted molar refractivity (Wildman–Crippen MR) is 62.1 cm³/mol. The van der Waals surface area contributed by atoms with Crippen LogP contribution in [-0.2, 0) is 4.79 Å². The molecule has 1 aliphatic heterocycles. The second-order valence-electron chi connectivity index (χ2n) is 3.89. The van der Waals surface area contributed by atoms with Gasteiger partial charge in [0.15, 0.2) is 0 Å². The fourth-order valence-corrected chi connectivity index (χ4v) is 2.83. The number of piperidine rings is 1. The zero-order valence-electron chi connectivity index (χ0n) is 8.60. The second kappa shape index (κ2) is 4.97. The molecule has 1 aromatic heterocycles. The molecule has 16 heavy (non-hydrogen) atoms. The van der Waals surface area contributed by atoms with Crippen LogP contribution in [0.5, 0.6) is 0 Å². The van der Waals surface area contributed by atoms with Crippen LogP contribution >= 0.6 is 22.9 Å². The molecule has 0 aliphatic carbocycles. The van der Waals surface area contributed by atoms with Crippen molar-refractivity contribution < 1.29 is 9.90 Å². The summed E-state index contributed by atoms with van der Waals surface area (Å²) in [7, 11) is 0. The Hall–Kier alpha value is -0.880. The van der Waals surface area contributed by atoms with E-state index in [2.05, 4.69) is 15.1 Å². The summed E-state index contributed by atoms with van der Waals surface area (Å²) in [5.74, 6) is -0.531. The van der Waals surface area contributed by atoms with Gasteiger partial charge in [0.1, 0.15) is 0 Å². The molecular weight excluding hydrogens is 250 g/mol. The quantitative estimate of drug-likeness (QED) is 0.900. The molecule has 1 saturated heterocycles. The largest absolute Gasteiger partial charge is 0.481 e. The van der Waals surface area contributed by atoms with Crippen LogP contribution in [-0.4, -0.2) is 34.4 Å². The molecule has 0 bridgehead atoms. The number of hydrogen-bond donors (Lipinski definition) is 1. The Morgan fingerprint density at radius 1 is 1.62 bits per heavy atom. The molecule has 1 aliphatic rings. The van der Waals surface area contributed by atoms with Crippen molar-refractivity contribution in [2.75, 3.05) is 18.0 Å². The van der Waals surface area contributed by atoms with Gasteiger partial charge < -0.3 is 10.0 Å². The van der Waals surface area contributed by atoms with Gasteiger partial charge >= 0.3 is 5.97 Å². The second-order valence-corrected chi connectivity index (χ2v) is 5.43. The zero-order chi connectivity index (χ0) is 11.5. The van der Waals surface area contributed by atoms with Crippen molar-refractivity contribution in [3.8, 4) is 0 Å². The number of carbonyl (C=O) groups is 1. The molecule has 5 nitrogen and oxygen atoms in total. The monoisotopic (exact) mass is 261 g/mol. The average molecular weight is 262 g/mol. The Balaban J connectivity index is 1.99. The molecule has 1 aromatic rings. The van der Waals surface area contributed by atoms with Crippen molar-refractivity contribution >= 4 is 34.0 Å². The number of aliphatic carboxylic acids is 1. The highest BCUT2D eigenvalue weighted by Crippen LogP contribution is 2.28. The Bertz CT molecular complexity index is 385. The molecule has 0 aromatic carbocycles. The minimum Gasteiger partial charge on any atom is -0.481 e. The van der Waals surface area contributed by atoms with E-state index in [0.29, 0.717) is 4.47 Å². The van der Waals surface area contributed by atoms with E-state index in [4.69, 9.17) is 16.7 Å². The van der Waals surface area contributed by atoms with E-state index in [1.165, 1.54) is 11.3 Å². The third-order valence-corrected chi connectivity index (χ3v) is 3.72. The van der Waals surface area contributed by atoms with E-state index < -0.39 is 5.97 Å². The third-order valence-electron chi connectivity index (χ3n) is 2.64. The lowest BCUT2D eigenvalue weighted by Gasteiger charge is -2.31. The van der Waals surface area contributed by atoms with Gasteiger partial charge in [-0.15, -0.1) is 10.2 Å².